The van der Waals surface area contributed by atoms with Crippen molar-refractivity contribution in [2.24, 2.45) is 5.92 Å². The normalized spacial score (nSPS) is 19.3. The minimum atomic E-state index is 0.300. The quantitative estimate of drug-likeness (QED) is 0.591. The van der Waals surface area contributed by atoms with E-state index in [2.05, 4.69) is 18.2 Å². The van der Waals surface area contributed by atoms with Gasteiger partial charge < -0.3 is 5.32 Å². The summed E-state index contributed by atoms with van der Waals surface area (Å²) >= 11 is 0. The second kappa shape index (κ2) is 4.41. The van der Waals surface area contributed by atoms with Crippen molar-refractivity contribution in [3.63, 3.8) is 0 Å². The Bertz CT molecular complexity index is 141. The Hall–Kier alpha value is -0.480. The first-order valence-corrected chi connectivity index (χ1v) is 4.56. The minimum Gasteiger partial charge on any atom is -0.304 e. The topological polar surface area (TPSA) is 12.0 Å². The van der Waals surface area contributed by atoms with Gasteiger partial charge in [-0.3, -0.25) is 0 Å². The van der Waals surface area contributed by atoms with E-state index in [9.17, 15) is 0 Å². The first kappa shape index (κ1) is 8.62. The molecule has 1 heteroatoms. The van der Waals surface area contributed by atoms with E-state index in [-0.39, 0.29) is 0 Å². The van der Waals surface area contributed by atoms with Gasteiger partial charge >= 0.3 is 0 Å². The Morgan fingerprint density at radius 3 is 2.82 bits per heavy atom. The van der Waals surface area contributed by atoms with E-state index in [4.69, 9.17) is 6.42 Å². The zero-order valence-electron chi connectivity index (χ0n) is 7.27. The molecular weight excluding hydrogens is 134 g/mol. The maximum Gasteiger partial charge on any atom is 0.0684 e. The van der Waals surface area contributed by atoms with E-state index in [0.717, 1.165) is 18.9 Å². The maximum absolute atomic E-state index is 5.30. The second-order valence-corrected chi connectivity index (χ2v) is 3.31. The van der Waals surface area contributed by atoms with Crippen LogP contribution in [0, 0.1) is 18.3 Å². The van der Waals surface area contributed by atoms with Crippen LogP contribution in [0.25, 0.3) is 0 Å². The summed E-state index contributed by atoms with van der Waals surface area (Å²) < 4.78 is 0. The van der Waals surface area contributed by atoms with Crippen molar-refractivity contribution in [1.82, 2.24) is 5.32 Å². The summed E-state index contributed by atoms with van der Waals surface area (Å²) in [7, 11) is 0. The van der Waals surface area contributed by atoms with Crippen LogP contribution in [0.5, 0.6) is 0 Å². The fraction of sp³-hybridized carbons (Fsp3) is 0.800. The lowest BCUT2D eigenvalue weighted by molar-refractivity contribution is 0.554. The number of hydrogen-bond acceptors (Lipinski definition) is 1. The minimum absolute atomic E-state index is 0.300. The van der Waals surface area contributed by atoms with Crippen molar-refractivity contribution < 1.29 is 0 Å². The van der Waals surface area contributed by atoms with Gasteiger partial charge in [-0.15, -0.1) is 6.42 Å². The van der Waals surface area contributed by atoms with Gasteiger partial charge in [-0.05, 0) is 25.3 Å². The van der Waals surface area contributed by atoms with E-state index in [1.54, 1.807) is 0 Å². The molecule has 1 N–H and O–H groups in total. The average Bonchev–Trinajstić information content (AvgIpc) is 2.82. The molecule has 0 saturated heterocycles. The van der Waals surface area contributed by atoms with Crippen LogP contribution >= 0.6 is 0 Å². The fourth-order valence-corrected chi connectivity index (χ4v) is 1.19. The van der Waals surface area contributed by atoms with Gasteiger partial charge in [0.1, 0.15) is 0 Å². The summed E-state index contributed by atoms with van der Waals surface area (Å²) in [5.74, 6) is 3.75. The molecule has 1 rings (SSSR count). The highest BCUT2D eigenvalue weighted by atomic mass is 14.9. The van der Waals surface area contributed by atoms with Crippen molar-refractivity contribution in [3.05, 3.63) is 0 Å². The van der Waals surface area contributed by atoms with Crippen LogP contribution in [0.15, 0.2) is 0 Å². The molecule has 62 valence electrons. The maximum atomic E-state index is 5.30. The van der Waals surface area contributed by atoms with Crippen LogP contribution in [-0.4, -0.2) is 12.6 Å². The zero-order valence-corrected chi connectivity index (χ0v) is 7.27. The lowest BCUT2D eigenvalue weighted by Gasteiger charge is -2.09. The summed E-state index contributed by atoms with van der Waals surface area (Å²) in [6, 6.07) is 0.300. The number of terminal acetylenes is 1. The Morgan fingerprint density at radius 1 is 1.64 bits per heavy atom. The highest BCUT2D eigenvalue weighted by Gasteiger charge is 2.20. The molecule has 0 heterocycles. The zero-order chi connectivity index (χ0) is 8.10. The van der Waals surface area contributed by atoms with Gasteiger partial charge in [-0.1, -0.05) is 25.7 Å². The van der Waals surface area contributed by atoms with Crippen molar-refractivity contribution in [2.45, 2.75) is 38.6 Å². The second-order valence-electron chi connectivity index (χ2n) is 3.31. The fourth-order valence-electron chi connectivity index (χ4n) is 1.19. The summed E-state index contributed by atoms with van der Waals surface area (Å²) in [5, 5.41) is 3.35. The predicted molar refractivity (Wildman–Crippen MR) is 48.3 cm³/mol. The van der Waals surface area contributed by atoms with Crippen molar-refractivity contribution in [3.8, 4) is 12.3 Å². The molecule has 0 bridgehead atoms. The van der Waals surface area contributed by atoms with Crippen LogP contribution in [0.4, 0.5) is 0 Å². The third-order valence-electron chi connectivity index (χ3n) is 2.25. The van der Waals surface area contributed by atoms with E-state index < -0.39 is 0 Å². The van der Waals surface area contributed by atoms with E-state index in [0.29, 0.717) is 6.04 Å². The molecular formula is C10H17N. The lowest BCUT2D eigenvalue weighted by atomic mass is 10.2. The first-order valence-electron chi connectivity index (χ1n) is 4.56. The molecule has 0 aromatic rings. The van der Waals surface area contributed by atoms with Gasteiger partial charge in [0.2, 0.25) is 0 Å². The summed E-state index contributed by atoms with van der Waals surface area (Å²) in [5.41, 5.74) is 0. The highest BCUT2D eigenvalue weighted by molar-refractivity contribution is 4.97. The van der Waals surface area contributed by atoms with Crippen molar-refractivity contribution >= 4 is 0 Å². The molecule has 11 heavy (non-hydrogen) atoms. The summed E-state index contributed by atoms with van der Waals surface area (Å²) in [6.07, 6.45) is 10.5. The molecule has 1 nitrogen and oxygen atoms in total. The third kappa shape index (κ3) is 3.43. The monoisotopic (exact) mass is 151 g/mol. The Labute approximate surface area is 69.6 Å². The van der Waals surface area contributed by atoms with Gasteiger partial charge in [-0.25, -0.2) is 0 Å². The SMILES string of the molecule is C#CC(CC)NCCC1CC1. The predicted octanol–water partition coefficient (Wildman–Crippen LogP) is 1.79. The molecule has 0 radical (unpaired) electrons. The number of hydrogen-bond donors (Lipinski definition) is 1. The number of rotatable bonds is 5. The molecule has 1 fully saturated rings. The highest BCUT2D eigenvalue weighted by Crippen LogP contribution is 2.31. The third-order valence-corrected chi connectivity index (χ3v) is 2.25. The van der Waals surface area contributed by atoms with Crippen LogP contribution in [0.1, 0.15) is 32.6 Å². The molecule has 1 saturated carbocycles. The van der Waals surface area contributed by atoms with Gasteiger partial charge in [0.05, 0.1) is 6.04 Å². The molecule has 1 unspecified atom stereocenters. The van der Waals surface area contributed by atoms with Gasteiger partial charge in [0, 0.05) is 0 Å². The molecule has 0 amide bonds. The molecule has 0 aromatic heterocycles. The molecule has 1 atom stereocenters. The molecule has 0 spiro atoms. The largest absolute Gasteiger partial charge is 0.304 e. The summed E-state index contributed by atoms with van der Waals surface area (Å²) in [4.78, 5) is 0. The van der Waals surface area contributed by atoms with Gasteiger partial charge in [0.15, 0.2) is 0 Å². The van der Waals surface area contributed by atoms with Crippen LogP contribution in [-0.2, 0) is 0 Å². The van der Waals surface area contributed by atoms with Crippen LogP contribution < -0.4 is 5.32 Å². The van der Waals surface area contributed by atoms with Gasteiger partial charge in [-0.2, -0.15) is 0 Å². The molecule has 0 aliphatic heterocycles. The average molecular weight is 151 g/mol. The van der Waals surface area contributed by atoms with E-state index in [1.807, 2.05) is 0 Å². The number of nitrogens with one attached hydrogen (secondary N) is 1. The molecule has 0 aromatic carbocycles. The van der Waals surface area contributed by atoms with Crippen molar-refractivity contribution in [2.75, 3.05) is 6.54 Å². The smallest absolute Gasteiger partial charge is 0.0684 e. The first-order chi connectivity index (χ1) is 5.36. The van der Waals surface area contributed by atoms with Crippen molar-refractivity contribution in [1.29, 1.82) is 0 Å². The van der Waals surface area contributed by atoms with Gasteiger partial charge in [0.25, 0.3) is 0 Å². The Balaban J connectivity index is 1.95. The molecule has 1 aliphatic carbocycles. The van der Waals surface area contributed by atoms with Crippen LogP contribution in [0.2, 0.25) is 0 Å². The standard InChI is InChI=1S/C10H17N/c1-3-10(4-2)11-8-7-9-5-6-9/h1,9-11H,4-8H2,2H3. The Kier molecular flexibility index (Phi) is 3.45. The Morgan fingerprint density at radius 2 is 2.36 bits per heavy atom. The molecule has 1 aliphatic rings. The lowest BCUT2D eigenvalue weighted by Crippen LogP contribution is -2.27. The van der Waals surface area contributed by atoms with E-state index >= 15 is 0 Å². The summed E-state index contributed by atoms with van der Waals surface area (Å²) in [6.45, 7) is 3.22. The van der Waals surface area contributed by atoms with Crippen LogP contribution in [0.3, 0.4) is 0 Å². The van der Waals surface area contributed by atoms with E-state index in [1.165, 1.54) is 19.3 Å².